The monoisotopic (exact) mass is 486 g/mol. The number of aromatic nitrogens is 2. The second-order valence-electron chi connectivity index (χ2n) is 10.1. The normalized spacial score (nSPS) is 30.0. The van der Waals surface area contributed by atoms with E-state index in [9.17, 15) is 14.4 Å². The predicted octanol–water partition coefficient (Wildman–Crippen LogP) is 2.48. The summed E-state index contributed by atoms with van der Waals surface area (Å²) in [5.74, 6) is 0. The molecule has 12 heteroatoms. The molecule has 0 bridgehead atoms. The molecule has 5 atom stereocenters. The third kappa shape index (κ3) is 5.49. The van der Waals surface area contributed by atoms with Crippen molar-refractivity contribution in [1.82, 2.24) is 19.5 Å². The van der Waals surface area contributed by atoms with E-state index in [1.54, 1.807) is 27.7 Å². The van der Waals surface area contributed by atoms with Crippen LogP contribution in [0.15, 0.2) is 21.9 Å². The summed E-state index contributed by atoms with van der Waals surface area (Å²) >= 11 is 0. The topological polar surface area (TPSA) is 124 Å². The molecule has 0 radical (unpaired) electrons. The van der Waals surface area contributed by atoms with E-state index in [0.29, 0.717) is 0 Å². The summed E-state index contributed by atoms with van der Waals surface area (Å²) in [4.78, 5) is 39.2. The maximum Gasteiger partial charge on any atom is 0.408 e. The van der Waals surface area contributed by atoms with Crippen LogP contribution in [0.4, 0.5) is 4.79 Å². The molecule has 2 aliphatic heterocycles. The first kappa shape index (κ1) is 25.8. The lowest BCUT2D eigenvalue weighted by molar-refractivity contribution is -0.0601. The molecule has 0 saturated carbocycles. The number of amides is 1. The van der Waals surface area contributed by atoms with Crippen molar-refractivity contribution in [3.05, 3.63) is 33.1 Å². The van der Waals surface area contributed by atoms with Gasteiger partial charge in [0.05, 0.1) is 6.61 Å². The summed E-state index contributed by atoms with van der Waals surface area (Å²) in [5, 5.41) is 2.89. The van der Waals surface area contributed by atoms with Crippen LogP contribution >= 0.6 is 8.53 Å². The van der Waals surface area contributed by atoms with Gasteiger partial charge in [-0.2, -0.15) is 0 Å². The van der Waals surface area contributed by atoms with Crippen molar-refractivity contribution in [3.63, 3.8) is 0 Å². The Hall–Kier alpha value is -1.78. The number of H-pyrrole nitrogens is 1. The highest BCUT2D eigenvalue weighted by Crippen LogP contribution is 2.55. The Kier molecular flexibility index (Phi) is 7.41. The lowest BCUT2D eigenvalue weighted by Gasteiger charge is -2.44. The molecule has 1 unspecified atom stereocenters. The first-order valence-electron chi connectivity index (χ1n) is 11.1. The molecule has 0 spiro atoms. The molecular weight excluding hydrogens is 451 g/mol. The highest BCUT2D eigenvalue weighted by Gasteiger charge is 2.60. The van der Waals surface area contributed by atoms with Crippen molar-refractivity contribution in [1.29, 1.82) is 0 Å². The molecule has 33 heavy (non-hydrogen) atoms. The van der Waals surface area contributed by atoms with E-state index in [2.05, 4.69) is 42.7 Å². The van der Waals surface area contributed by atoms with Crippen LogP contribution in [0.5, 0.6) is 0 Å². The van der Waals surface area contributed by atoms with Crippen molar-refractivity contribution in [2.24, 2.45) is 0 Å². The predicted molar refractivity (Wildman–Crippen MR) is 123 cm³/mol. The van der Waals surface area contributed by atoms with Gasteiger partial charge < -0.3 is 23.8 Å². The largest absolute Gasteiger partial charge is 0.444 e. The van der Waals surface area contributed by atoms with Crippen molar-refractivity contribution in [3.8, 4) is 0 Å². The van der Waals surface area contributed by atoms with Crippen molar-refractivity contribution in [2.45, 2.75) is 97.0 Å². The van der Waals surface area contributed by atoms with Gasteiger partial charge in [-0.3, -0.25) is 14.3 Å². The van der Waals surface area contributed by atoms with Crippen molar-refractivity contribution < 1.29 is 23.3 Å². The first-order valence-corrected chi connectivity index (χ1v) is 12.2. The molecule has 0 aromatic carbocycles. The van der Waals surface area contributed by atoms with Crippen LogP contribution in [-0.4, -0.2) is 62.4 Å². The Morgan fingerprint density at radius 3 is 2.48 bits per heavy atom. The zero-order valence-corrected chi connectivity index (χ0v) is 21.3. The molecule has 2 aliphatic rings. The molecule has 1 amide bonds. The summed E-state index contributed by atoms with van der Waals surface area (Å²) in [6, 6.07) is 1.56. The average molecular weight is 487 g/mol. The van der Waals surface area contributed by atoms with Gasteiger partial charge in [0.2, 0.25) is 0 Å². The van der Waals surface area contributed by atoms with Crippen LogP contribution in [0.3, 0.4) is 0 Å². The minimum absolute atomic E-state index is 0.165. The van der Waals surface area contributed by atoms with Gasteiger partial charge in [0.25, 0.3) is 14.1 Å². The van der Waals surface area contributed by atoms with Crippen LogP contribution in [0.2, 0.25) is 0 Å². The molecule has 2 N–H and O–H groups in total. The first-order chi connectivity index (χ1) is 15.2. The number of hydrogen-bond donors (Lipinski definition) is 2. The Bertz CT molecular complexity index is 964. The van der Waals surface area contributed by atoms with Gasteiger partial charge in [-0.05, 0) is 55.4 Å². The number of carbonyl (C=O) groups excluding carboxylic acids is 1. The number of rotatable bonds is 5. The van der Waals surface area contributed by atoms with E-state index >= 15 is 0 Å². The quantitative estimate of drug-likeness (QED) is 0.609. The highest BCUT2D eigenvalue weighted by atomic mass is 31.2. The molecular formula is C21H35N4O7P. The second kappa shape index (κ2) is 9.46. The Labute approximate surface area is 194 Å². The second-order valence-corrected chi connectivity index (χ2v) is 11.5. The number of carbonyl (C=O) groups is 1. The maximum absolute atomic E-state index is 12.8. The lowest BCUT2D eigenvalue weighted by atomic mass is 9.92. The van der Waals surface area contributed by atoms with E-state index in [4.69, 9.17) is 18.5 Å². The fourth-order valence-corrected chi connectivity index (χ4v) is 6.07. The number of ether oxygens (including phenoxy) is 2. The van der Waals surface area contributed by atoms with E-state index in [1.165, 1.54) is 16.8 Å². The van der Waals surface area contributed by atoms with Gasteiger partial charge in [0.15, 0.2) is 6.23 Å². The number of alkyl carbamates (subject to hydrolysis) is 1. The van der Waals surface area contributed by atoms with Gasteiger partial charge in [0.1, 0.15) is 23.3 Å². The average Bonchev–Trinajstić information content (AvgIpc) is 2.91. The smallest absolute Gasteiger partial charge is 0.408 e. The molecule has 0 aliphatic carbocycles. The molecule has 2 saturated heterocycles. The van der Waals surface area contributed by atoms with Gasteiger partial charge in [-0.1, -0.05) is 0 Å². The zero-order valence-electron chi connectivity index (χ0n) is 20.4. The molecule has 3 rings (SSSR count). The summed E-state index contributed by atoms with van der Waals surface area (Å²) in [6.07, 6.45) is -1.46. The van der Waals surface area contributed by atoms with Gasteiger partial charge in [-0.25, -0.2) is 14.3 Å². The van der Waals surface area contributed by atoms with E-state index in [1.807, 2.05) is 0 Å². The fourth-order valence-electron chi connectivity index (χ4n) is 4.19. The number of aromatic amines is 1. The van der Waals surface area contributed by atoms with E-state index in [0.717, 1.165) is 0 Å². The minimum atomic E-state index is -1.44. The van der Waals surface area contributed by atoms with Crippen LogP contribution < -0.4 is 16.6 Å². The molecule has 1 aromatic heterocycles. The minimum Gasteiger partial charge on any atom is -0.444 e. The van der Waals surface area contributed by atoms with E-state index in [-0.39, 0.29) is 18.7 Å². The van der Waals surface area contributed by atoms with Crippen LogP contribution in [-0.2, 0) is 18.5 Å². The third-order valence-electron chi connectivity index (χ3n) is 5.42. The zero-order chi connectivity index (χ0) is 24.7. The molecule has 1 aromatic rings. The van der Waals surface area contributed by atoms with E-state index < -0.39 is 55.4 Å². The van der Waals surface area contributed by atoms with Crippen molar-refractivity contribution >= 4 is 14.6 Å². The number of fused-ring (bicyclic) bond motifs is 1. The standard InChI is InChI=1S/C21H35N4O7P/c1-12(2)25(13(3)4)33-29-11-14-16(32-33)21(8,23-19(28)31-20(5,6)7)17(30-14)24-10-9-15(26)22-18(24)27/h9-10,12-14,16-17H,11H2,1-8H3,(H,23,28)(H,22,26,27)/t14-,16-,17-,21-,33?/m1/s1. The molecule has 11 nitrogen and oxygen atoms in total. The van der Waals surface area contributed by atoms with Gasteiger partial charge >= 0.3 is 11.8 Å². The van der Waals surface area contributed by atoms with Gasteiger partial charge in [-0.15, -0.1) is 0 Å². The Balaban J connectivity index is 1.99. The van der Waals surface area contributed by atoms with Crippen LogP contribution in [0.25, 0.3) is 0 Å². The van der Waals surface area contributed by atoms with Crippen LogP contribution in [0.1, 0.15) is 61.6 Å². The summed E-state index contributed by atoms with van der Waals surface area (Å²) in [5.41, 5.74) is -3.10. The number of hydrogen-bond acceptors (Lipinski definition) is 8. The Morgan fingerprint density at radius 2 is 1.94 bits per heavy atom. The van der Waals surface area contributed by atoms with Gasteiger partial charge in [0, 0.05) is 24.3 Å². The molecule has 186 valence electrons. The molecule has 2 fully saturated rings. The number of nitrogens with zero attached hydrogens (tertiary/aromatic N) is 2. The fraction of sp³-hybridized carbons (Fsp3) is 0.762. The number of nitrogens with one attached hydrogen (secondary N) is 2. The SMILES string of the molecule is CC(C)N(C(C)C)P1OC[C@H]2O[C@@H](n3ccc(=O)[nH]c3=O)[C@](C)(NC(=O)OC(C)(C)C)[C@@H]2O1. The Morgan fingerprint density at radius 1 is 1.30 bits per heavy atom. The maximum atomic E-state index is 12.8. The van der Waals surface area contributed by atoms with Crippen LogP contribution in [0, 0.1) is 0 Å². The molecule has 3 heterocycles. The lowest BCUT2D eigenvalue weighted by Crippen LogP contribution is -2.60. The van der Waals surface area contributed by atoms with Crippen molar-refractivity contribution in [2.75, 3.05) is 6.61 Å². The summed E-state index contributed by atoms with van der Waals surface area (Å²) in [6.45, 7) is 15.5. The summed E-state index contributed by atoms with van der Waals surface area (Å²) < 4.78 is 27.5. The third-order valence-corrected chi connectivity index (χ3v) is 7.50. The summed E-state index contributed by atoms with van der Waals surface area (Å²) in [7, 11) is -1.44. The highest BCUT2D eigenvalue weighted by molar-refractivity contribution is 7.44.